The summed E-state index contributed by atoms with van der Waals surface area (Å²) in [6.45, 7) is 3.63. The van der Waals surface area contributed by atoms with E-state index in [1.165, 1.54) is 0 Å². The molecule has 140 valence electrons. The molecule has 0 unspecified atom stereocenters. The number of amides is 1. The zero-order valence-corrected chi connectivity index (χ0v) is 15.3. The molecular weight excluding hydrogens is 346 g/mol. The smallest absolute Gasteiger partial charge is 0.351 e. The van der Waals surface area contributed by atoms with E-state index < -0.39 is 18.2 Å². The highest BCUT2D eigenvalue weighted by Gasteiger charge is 2.36. The van der Waals surface area contributed by atoms with Crippen LogP contribution in [-0.2, 0) is 20.7 Å². The van der Waals surface area contributed by atoms with Crippen molar-refractivity contribution in [1.82, 2.24) is 0 Å². The van der Waals surface area contributed by atoms with Crippen LogP contribution < -0.4 is 14.4 Å². The topological polar surface area (TPSA) is 65.1 Å². The number of para-hydroxylation sites is 3. The van der Waals surface area contributed by atoms with Crippen molar-refractivity contribution in [3.05, 3.63) is 54.1 Å². The van der Waals surface area contributed by atoms with Crippen molar-refractivity contribution in [3.63, 3.8) is 0 Å². The fourth-order valence-corrected chi connectivity index (χ4v) is 3.53. The van der Waals surface area contributed by atoms with Crippen LogP contribution in [-0.4, -0.2) is 36.7 Å². The van der Waals surface area contributed by atoms with Gasteiger partial charge in [-0.3, -0.25) is 4.79 Å². The van der Waals surface area contributed by atoms with Crippen molar-refractivity contribution < 1.29 is 23.8 Å². The number of anilines is 1. The summed E-state index contributed by atoms with van der Waals surface area (Å²) in [5.41, 5.74) is 2.00. The number of rotatable bonds is 3. The number of ether oxygens (including phenoxy) is 3. The highest BCUT2D eigenvalue weighted by Crippen LogP contribution is 2.33. The summed E-state index contributed by atoms with van der Waals surface area (Å²) in [6.07, 6.45) is -1.01. The molecule has 0 saturated carbocycles. The number of hydrogen-bond acceptors (Lipinski definition) is 5. The maximum atomic E-state index is 12.9. The van der Waals surface area contributed by atoms with Crippen molar-refractivity contribution >= 4 is 17.6 Å². The lowest BCUT2D eigenvalue weighted by Gasteiger charge is -2.28. The van der Waals surface area contributed by atoms with Crippen molar-refractivity contribution in [3.8, 4) is 11.5 Å². The van der Waals surface area contributed by atoms with Crippen LogP contribution in [0.5, 0.6) is 11.5 Å². The van der Waals surface area contributed by atoms with Gasteiger partial charge in [-0.05, 0) is 44.0 Å². The zero-order chi connectivity index (χ0) is 19.0. The molecule has 6 nitrogen and oxygen atoms in total. The van der Waals surface area contributed by atoms with Gasteiger partial charge in [0.2, 0.25) is 6.10 Å². The normalized spacial score (nSPS) is 21.3. The molecular formula is C21H21NO5. The van der Waals surface area contributed by atoms with E-state index in [1.54, 1.807) is 30.0 Å². The summed E-state index contributed by atoms with van der Waals surface area (Å²) in [5, 5.41) is 0. The van der Waals surface area contributed by atoms with Gasteiger partial charge in [0.15, 0.2) is 17.6 Å². The van der Waals surface area contributed by atoms with Crippen molar-refractivity contribution in [2.75, 3.05) is 11.5 Å². The molecule has 0 bridgehead atoms. The lowest BCUT2D eigenvalue weighted by Crippen LogP contribution is -2.46. The van der Waals surface area contributed by atoms with E-state index in [1.807, 2.05) is 37.3 Å². The summed E-state index contributed by atoms with van der Waals surface area (Å²) < 4.78 is 16.6. The molecule has 2 aromatic carbocycles. The van der Waals surface area contributed by atoms with E-state index in [0.29, 0.717) is 11.5 Å². The molecule has 6 heteroatoms. The molecule has 2 aromatic rings. The lowest BCUT2D eigenvalue weighted by molar-refractivity contribution is -0.163. The molecule has 0 N–H and O–H groups in total. The molecule has 0 aromatic heterocycles. The predicted octanol–water partition coefficient (Wildman–Crippen LogP) is 2.74. The maximum Gasteiger partial charge on any atom is 0.351 e. The SMILES string of the molecule is C[C@H](OC(=O)[C@@H]1COc2ccccc2O1)C(=O)N1c2ccccc2C[C@H]1C. The Balaban J connectivity index is 1.43. The van der Waals surface area contributed by atoms with Gasteiger partial charge >= 0.3 is 5.97 Å². The van der Waals surface area contributed by atoms with Gasteiger partial charge in [0.05, 0.1) is 0 Å². The van der Waals surface area contributed by atoms with Crippen LogP contribution in [0, 0.1) is 0 Å². The van der Waals surface area contributed by atoms with Crippen LogP contribution in [0.2, 0.25) is 0 Å². The number of esters is 1. The second-order valence-corrected chi connectivity index (χ2v) is 6.83. The number of nitrogens with zero attached hydrogens (tertiary/aromatic N) is 1. The van der Waals surface area contributed by atoms with Gasteiger partial charge in [-0.2, -0.15) is 0 Å². The first-order valence-corrected chi connectivity index (χ1v) is 9.04. The minimum atomic E-state index is -0.910. The maximum absolute atomic E-state index is 12.9. The first kappa shape index (κ1) is 17.4. The van der Waals surface area contributed by atoms with E-state index in [4.69, 9.17) is 14.2 Å². The molecule has 0 saturated heterocycles. The van der Waals surface area contributed by atoms with Gasteiger partial charge in [-0.15, -0.1) is 0 Å². The van der Waals surface area contributed by atoms with Crippen LogP contribution in [0.3, 0.4) is 0 Å². The molecule has 0 radical (unpaired) electrons. The minimum absolute atomic E-state index is 0.0252. The Bertz CT molecular complexity index is 880. The Morgan fingerprint density at radius 3 is 2.63 bits per heavy atom. The zero-order valence-electron chi connectivity index (χ0n) is 15.3. The van der Waals surface area contributed by atoms with Crippen LogP contribution in [0.4, 0.5) is 5.69 Å². The average molecular weight is 367 g/mol. The van der Waals surface area contributed by atoms with Crippen molar-refractivity contribution in [2.24, 2.45) is 0 Å². The standard InChI is InChI=1S/C21H21NO5/c1-13-11-15-7-3-4-8-16(15)22(13)20(23)14(2)26-21(24)19-12-25-17-9-5-6-10-18(17)27-19/h3-10,13-14,19H,11-12H2,1-2H3/t13-,14+,19+/m1/s1. The fraction of sp³-hybridized carbons (Fsp3) is 0.333. The number of hydrogen-bond donors (Lipinski definition) is 0. The molecule has 2 heterocycles. The number of benzene rings is 2. The van der Waals surface area contributed by atoms with E-state index in [2.05, 4.69) is 0 Å². The third-order valence-electron chi connectivity index (χ3n) is 4.86. The van der Waals surface area contributed by atoms with Gasteiger partial charge in [-0.1, -0.05) is 30.3 Å². The first-order valence-electron chi connectivity index (χ1n) is 9.04. The van der Waals surface area contributed by atoms with Gasteiger partial charge in [-0.25, -0.2) is 4.79 Å². The Morgan fingerprint density at radius 1 is 1.11 bits per heavy atom. The number of carbonyl (C=O) groups is 2. The second kappa shape index (κ2) is 6.95. The summed E-state index contributed by atoms with van der Waals surface area (Å²) in [4.78, 5) is 27.1. The van der Waals surface area contributed by atoms with Crippen LogP contribution in [0.1, 0.15) is 19.4 Å². The number of fused-ring (bicyclic) bond motifs is 2. The molecule has 4 rings (SSSR count). The molecule has 1 amide bonds. The molecule has 0 fully saturated rings. The van der Waals surface area contributed by atoms with E-state index in [-0.39, 0.29) is 18.6 Å². The highest BCUT2D eigenvalue weighted by molar-refractivity contribution is 5.99. The van der Waals surface area contributed by atoms with Crippen molar-refractivity contribution in [2.45, 2.75) is 38.5 Å². The monoisotopic (exact) mass is 367 g/mol. The molecule has 2 aliphatic rings. The Labute approximate surface area is 157 Å². The number of carbonyl (C=O) groups excluding carboxylic acids is 2. The van der Waals surface area contributed by atoms with Crippen LogP contribution in [0.25, 0.3) is 0 Å². The van der Waals surface area contributed by atoms with Crippen molar-refractivity contribution in [1.29, 1.82) is 0 Å². The second-order valence-electron chi connectivity index (χ2n) is 6.83. The molecule has 2 aliphatic heterocycles. The third kappa shape index (κ3) is 3.23. The van der Waals surface area contributed by atoms with Crippen LogP contribution >= 0.6 is 0 Å². The summed E-state index contributed by atoms with van der Waals surface area (Å²) in [6, 6.07) is 14.9. The van der Waals surface area contributed by atoms with Gasteiger partial charge in [0.25, 0.3) is 5.91 Å². The average Bonchev–Trinajstić information content (AvgIpc) is 3.02. The van der Waals surface area contributed by atoms with E-state index in [0.717, 1.165) is 17.7 Å². The summed E-state index contributed by atoms with van der Waals surface area (Å²) in [7, 11) is 0. The largest absolute Gasteiger partial charge is 0.485 e. The summed E-state index contributed by atoms with van der Waals surface area (Å²) in [5.74, 6) is 0.239. The molecule has 0 aliphatic carbocycles. The van der Waals surface area contributed by atoms with E-state index >= 15 is 0 Å². The van der Waals surface area contributed by atoms with Gasteiger partial charge < -0.3 is 19.1 Å². The van der Waals surface area contributed by atoms with Crippen LogP contribution in [0.15, 0.2) is 48.5 Å². The first-order chi connectivity index (χ1) is 13.0. The predicted molar refractivity (Wildman–Crippen MR) is 99.0 cm³/mol. The Kier molecular flexibility index (Phi) is 4.48. The minimum Gasteiger partial charge on any atom is -0.485 e. The Morgan fingerprint density at radius 2 is 1.81 bits per heavy atom. The quantitative estimate of drug-likeness (QED) is 0.781. The van der Waals surface area contributed by atoms with Gasteiger partial charge in [0, 0.05) is 11.7 Å². The third-order valence-corrected chi connectivity index (χ3v) is 4.86. The molecule has 3 atom stereocenters. The highest BCUT2D eigenvalue weighted by atomic mass is 16.6. The molecule has 27 heavy (non-hydrogen) atoms. The lowest BCUT2D eigenvalue weighted by atomic mass is 10.1. The summed E-state index contributed by atoms with van der Waals surface area (Å²) >= 11 is 0. The fourth-order valence-electron chi connectivity index (χ4n) is 3.53. The molecule has 0 spiro atoms. The van der Waals surface area contributed by atoms with Gasteiger partial charge in [0.1, 0.15) is 6.61 Å². The van der Waals surface area contributed by atoms with E-state index in [9.17, 15) is 9.59 Å². The Hall–Kier alpha value is -3.02.